The first-order chi connectivity index (χ1) is 17.0. The maximum absolute atomic E-state index is 13.3. The van der Waals surface area contributed by atoms with Gasteiger partial charge in [-0.25, -0.2) is 0 Å². The van der Waals surface area contributed by atoms with Gasteiger partial charge >= 0.3 is 36.9 Å². The van der Waals surface area contributed by atoms with Crippen LogP contribution in [0.3, 0.4) is 0 Å². The van der Waals surface area contributed by atoms with Crippen molar-refractivity contribution in [3.63, 3.8) is 0 Å². The number of aliphatic hydroxyl groups is 2. The number of halogens is 15. The second-order valence-corrected chi connectivity index (χ2v) is 9.15. The molecule has 1 aliphatic carbocycles. The molecule has 0 radical (unpaired) electrons. The average Bonchev–Trinajstić information content (AvgIpc) is 2.72. The van der Waals surface area contributed by atoms with Crippen LogP contribution in [-0.2, 0) is 14.3 Å². The van der Waals surface area contributed by atoms with Crippen molar-refractivity contribution < 1.29 is 90.3 Å². The van der Waals surface area contributed by atoms with Gasteiger partial charge in [0.05, 0.1) is 6.10 Å². The lowest BCUT2D eigenvalue weighted by molar-refractivity contribution is -0.406. The molecule has 20 heteroatoms. The van der Waals surface area contributed by atoms with Crippen LogP contribution >= 0.6 is 0 Å². The van der Waals surface area contributed by atoms with Crippen LogP contribution in [0.4, 0.5) is 65.9 Å². The van der Waals surface area contributed by atoms with E-state index in [4.69, 9.17) is 0 Å². The normalized spacial score (nSPS) is 24.3. The van der Waals surface area contributed by atoms with E-state index in [2.05, 4.69) is 9.47 Å². The van der Waals surface area contributed by atoms with Crippen LogP contribution in [0.1, 0.15) is 39.5 Å². The highest BCUT2D eigenvalue weighted by Crippen LogP contribution is 2.58. The van der Waals surface area contributed by atoms with E-state index in [-0.39, 0.29) is 0 Å². The molecule has 0 saturated heterocycles. The molecule has 1 fully saturated rings. The Kier molecular flexibility index (Phi) is 9.61. The number of carbonyl (C=O) groups excluding carboxylic acids is 1. The summed E-state index contributed by atoms with van der Waals surface area (Å²) < 4.78 is 208. The second-order valence-electron chi connectivity index (χ2n) is 9.15. The molecule has 3 atom stereocenters. The minimum atomic E-state index is -6.71. The fraction of sp³-hybridized carbons (Fsp3) is 0.947. The molecule has 0 heterocycles. The van der Waals surface area contributed by atoms with Gasteiger partial charge in [0, 0.05) is 11.8 Å². The number of hydrogen-bond donors (Lipinski definition) is 2. The van der Waals surface area contributed by atoms with Gasteiger partial charge in [0.25, 0.3) is 11.2 Å². The maximum atomic E-state index is 13.3. The standard InChI is InChI=1S/C19H21F15O5/c1-3-12(2,15(20,21)22)11(35)39-7-38-10-5-8(13(36,16(23,24)25)17(26,27)28)4-9(6-10)14(37,18(29,30)31)19(32,33)34/h8-10,36-37H,3-7H2,1-2H3. The van der Waals surface area contributed by atoms with E-state index in [1.807, 2.05) is 0 Å². The van der Waals surface area contributed by atoms with Gasteiger partial charge in [-0.2, -0.15) is 65.9 Å². The van der Waals surface area contributed by atoms with Crippen molar-refractivity contribution in [2.45, 2.75) is 87.7 Å². The SMILES string of the molecule is CCC(C)(C(=O)OCOC1CC(C(O)(C(F)(F)F)C(F)(F)F)CC(C(O)(C(F)(F)F)C(F)(F)F)C1)C(F)(F)F. The van der Waals surface area contributed by atoms with Gasteiger partial charge in [-0.1, -0.05) is 6.92 Å². The van der Waals surface area contributed by atoms with Crippen LogP contribution in [0.2, 0.25) is 0 Å². The molecule has 39 heavy (non-hydrogen) atoms. The molecule has 0 bridgehead atoms. The zero-order chi connectivity index (χ0) is 31.3. The molecule has 0 aliphatic heterocycles. The fourth-order valence-corrected chi connectivity index (χ4v) is 4.14. The quantitative estimate of drug-likeness (QED) is 0.210. The van der Waals surface area contributed by atoms with E-state index in [1.165, 1.54) is 0 Å². The zero-order valence-corrected chi connectivity index (χ0v) is 19.6. The first kappa shape index (κ1) is 35.3. The molecule has 3 unspecified atom stereocenters. The summed E-state index contributed by atoms with van der Waals surface area (Å²) in [6, 6.07) is 0. The molecule has 0 spiro atoms. The topological polar surface area (TPSA) is 76.0 Å². The third-order valence-corrected chi connectivity index (χ3v) is 6.85. The highest BCUT2D eigenvalue weighted by atomic mass is 19.4. The van der Waals surface area contributed by atoms with Gasteiger partial charge in [-0.3, -0.25) is 4.79 Å². The Labute approximate surface area is 209 Å². The number of carbonyl (C=O) groups is 1. The molecule has 0 amide bonds. The maximum Gasteiger partial charge on any atom is 0.426 e. The summed E-state index contributed by atoms with van der Waals surface area (Å²) >= 11 is 0. The Morgan fingerprint density at radius 1 is 0.667 bits per heavy atom. The van der Waals surface area contributed by atoms with Crippen molar-refractivity contribution in [3.8, 4) is 0 Å². The summed E-state index contributed by atoms with van der Waals surface area (Å²) in [4.78, 5) is 11.9. The zero-order valence-electron chi connectivity index (χ0n) is 19.6. The van der Waals surface area contributed by atoms with E-state index >= 15 is 0 Å². The van der Waals surface area contributed by atoms with Gasteiger partial charge in [-0.05, 0) is 32.6 Å². The molecule has 232 valence electrons. The lowest BCUT2D eigenvalue weighted by Gasteiger charge is -2.48. The van der Waals surface area contributed by atoms with Crippen molar-refractivity contribution in [3.05, 3.63) is 0 Å². The summed E-state index contributed by atoms with van der Waals surface area (Å²) in [7, 11) is 0. The van der Waals surface area contributed by atoms with Crippen molar-refractivity contribution in [1.29, 1.82) is 0 Å². The molecule has 1 aliphatic rings. The largest absolute Gasteiger partial charge is 0.438 e. The number of ether oxygens (including phenoxy) is 2. The predicted molar refractivity (Wildman–Crippen MR) is 95.2 cm³/mol. The molecule has 0 aromatic heterocycles. The van der Waals surface area contributed by atoms with Crippen LogP contribution in [0, 0.1) is 17.3 Å². The van der Waals surface area contributed by atoms with Crippen LogP contribution in [0.5, 0.6) is 0 Å². The Morgan fingerprint density at radius 2 is 1.00 bits per heavy atom. The van der Waals surface area contributed by atoms with Gasteiger partial charge in [0.15, 0.2) is 12.2 Å². The summed E-state index contributed by atoms with van der Waals surface area (Å²) in [6.07, 6.45) is -41.4. The molecule has 5 nitrogen and oxygen atoms in total. The smallest absolute Gasteiger partial charge is 0.426 e. The molecule has 2 N–H and O–H groups in total. The Bertz CT molecular complexity index is 784. The number of esters is 1. The molecule has 1 rings (SSSR count). The summed E-state index contributed by atoms with van der Waals surface area (Å²) in [6.45, 7) is -0.542. The first-order valence-electron chi connectivity index (χ1n) is 10.6. The van der Waals surface area contributed by atoms with Crippen LogP contribution in [0.25, 0.3) is 0 Å². The fourth-order valence-electron chi connectivity index (χ4n) is 4.14. The molecule has 0 aromatic carbocycles. The summed E-state index contributed by atoms with van der Waals surface area (Å²) in [5, 5.41) is 19.2. The van der Waals surface area contributed by atoms with E-state index in [0.29, 0.717) is 6.92 Å². The summed E-state index contributed by atoms with van der Waals surface area (Å²) in [5.74, 6) is -9.17. The Morgan fingerprint density at radius 3 is 1.26 bits per heavy atom. The Balaban J connectivity index is 3.49. The monoisotopic (exact) mass is 614 g/mol. The van der Waals surface area contributed by atoms with Gasteiger partial charge in [0.1, 0.15) is 0 Å². The molecule has 1 saturated carbocycles. The van der Waals surface area contributed by atoms with Gasteiger partial charge < -0.3 is 19.7 Å². The van der Waals surface area contributed by atoms with Gasteiger partial charge in [-0.15, -0.1) is 0 Å². The lowest BCUT2D eigenvalue weighted by atomic mass is 9.65. The van der Waals surface area contributed by atoms with Crippen molar-refractivity contribution in [2.24, 2.45) is 17.3 Å². The molecular formula is C19H21F15O5. The van der Waals surface area contributed by atoms with Crippen molar-refractivity contribution in [1.82, 2.24) is 0 Å². The minimum absolute atomic E-state index is 0.335. The van der Waals surface area contributed by atoms with Gasteiger partial charge in [0.2, 0.25) is 0 Å². The number of rotatable bonds is 7. The van der Waals surface area contributed by atoms with Crippen LogP contribution in [0.15, 0.2) is 0 Å². The second kappa shape index (κ2) is 10.6. The predicted octanol–water partition coefficient (Wildman–Crippen LogP) is 5.98. The van der Waals surface area contributed by atoms with Crippen molar-refractivity contribution >= 4 is 5.97 Å². The third-order valence-electron chi connectivity index (χ3n) is 6.85. The van der Waals surface area contributed by atoms with Crippen LogP contribution in [-0.4, -0.2) is 71.2 Å². The highest BCUT2D eigenvalue weighted by molar-refractivity contribution is 5.77. The molecule has 0 aromatic rings. The Hall–Kier alpha value is -1.70. The third kappa shape index (κ3) is 6.31. The van der Waals surface area contributed by atoms with E-state index < -0.39 is 104 Å². The van der Waals surface area contributed by atoms with E-state index in [1.54, 1.807) is 0 Å². The minimum Gasteiger partial charge on any atom is -0.438 e. The highest BCUT2D eigenvalue weighted by Gasteiger charge is 2.78. The number of hydrogen-bond acceptors (Lipinski definition) is 5. The lowest BCUT2D eigenvalue weighted by Crippen LogP contribution is -2.67. The first-order valence-corrected chi connectivity index (χ1v) is 10.6. The van der Waals surface area contributed by atoms with E-state index in [9.17, 15) is 80.9 Å². The van der Waals surface area contributed by atoms with E-state index in [0.717, 1.165) is 6.92 Å². The van der Waals surface area contributed by atoms with Crippen molar-refractivity contribution in [2.75, 3.05) is 6.79 Å². The molecular weight excluding hydrogens is 593 g/mol. The average molecular weight is 614 g/mol. The number of alkyl halides is 15. The summed E-state index contributed by atoms with van der Waals surface area (Å²) in [5.41, 5.74) is -15.0. The van der Waals surface area contributed by atoms with Crippen LogP contribution < -0.4 is 0 Å².